The minimum absolute atomic E-state index is 0.187. The summed E-state index contributed by atoms with van der Waals surface area (Å²) in [5.74, 6) is -0.259. The summed E-state index contributed by atoms with van der Waals surface area (Å²) in [6.07, 6.45) is 0. The highest BCUT2D eigenvalue weighted by Crippen LogP contribution is 2.18. The number of aromatic amines is 1. The molecule has 0 aliphatic rings. The zero-order valence-electron chi connectivity index (χ0n) is 11.7. The van der Waals surface area contributed by atoms with Crippen molar-refractivity contribution in [1.82, 2.24) is 10.3 Å². The molecule has 1 amide bonds. The molecule has 0 radical (unpaired) electrons. The zero-order valence-corrected chi connectivity index (χ0v) is 12.5. The molecule has 1 unspecified atom stereocenters. The van der Waals surface area contributed by atoms with Crippen LogP contribution in [0.15, 0.2) is 54.6 Å². The van der Waals surface area contributed by atoms with Crippen LogP contribution in [-0.2, 0) is 0 Å². The van der Waals surface area contributed by atoms with Gasteiger partial charge in [0.1, 0.15) is 5.69 Å². The maximum Gasteiger partial charge on any atom is 0.268 e. The standard InChI is InChI=1S/C17H15ClN2O2/c18-13-7-5-11(6-8-13)16(10-21)20-17(22)15-9-12-3-1-2-4-14(12)19-15/h1-9,16,19,21H,10H2,(H,20,22). The smallest absolute Gasteiger partial charge is 0.268 e. The van der Waals surface area contributed by atoms with Crippen LogP contribution < -0.4 is 5.32 Å². The Labute approximate surface area is 132 Å². The minimum Gasteiger partial charge on any atom is -0.394 e. The summed E-state index contributed by atoms with van der Waals surface area (Å²) in [7, 11) is 0. The van der Waals surface area contributed by atoms with E-state index in [9.17, 15) is 9.90 Å². The van der Waals surface area contributed by atoms with Crippen molar-refractivity contribution < 1.29 is 9.90 Å². The lowest BCUT2D eigenvalue weighted by molar-refractivity contribution is 0.0912. The Morgan fingerprint density at radius 2 is 1.91 bits per heavy atom. The van der Waals surface area contributed by atoms with E-state index in [4.69, 9.17) is 11.6 Å². The average Bonchev–Trinajstić information content (AvgIpc) is 2.97. The van der Waals surface area contributed by atoms with Crippen LogP contribution >= 0.6 is 11.6 Å². The molecule has 1 aromatic heterocycles. The third-order valence-electron chi connectivity index (χ3n) is 3.53. The Bertz CT molecular complexity index is 763. The summed E-state index contributed by atoms with van der Waals surface area (Å²) in [5.41, 5.74) is 2.17. The van der Waals surface area contributed by atoms with Crippen molar-refractivity contribution in [1.29, 1.82) is 0 Å². The molecule has 5 heteroatoms. The van der Waals surface area contributed by atoms with Crippen LogP contribution in [0.3, 0.4) is 0 Å². The molecule has 0 saturated heterocycles. The molecular weight excluding hydrogens is 300 g/mol. The van der Waals surface area contributed by atoms with Crippen LogP contribution in [0, 0.1) is 0 Å². The fourth-order valence-electron chi connectivity index (χ4n) is 2.36. The summed E-state index contributed by atoms with van der Waals surface area (Å²) in [6, 6.07) is 16.0. The topological polar surface area (TPSA) is 65.1 Å². The highest BCUT2D eigenvalue weighted by atomic mass is 35.5. The normalized spacial score (nSPS) is 12.3. The van der Waals surface area contributed by atoms with Gasteiger partial charge in [-0.15, -0.1) is 0 Å². The van der Waals surface area contributed by atoms with Gasteiger partial charge in [-0.3, -0.25) is 4.79 Å². The van der Waals surface area contributed by atoms with Crippen molar-refractivity contribution in [3.63, 3.8) is 0 Å². The first-order valence-electron chi connectivity index (χ1n) is 6.92. The maximum atomic E-state index is 12.3. The largest absolute Gasteiger partial charge is 0.394 e. The lowest BCUT2D eigenvalue weighted by Gasteiger charge is -2.16. The number of hydrogen-bond donors (Lipinski definition) is 3. The van der Waals surface area contributed by atoms with E-state index in [0.29, 0.717) is 10.7 Å². The quantitative estimate of drug-likeness (QED) is 0.692. The molecular formula is C17H15ClN2O2. The second kappa shape index (κ2) is 6.22. The predicted molar refractivity (Wildman–Crippen MR) is 87.0 cm³/mol. The SMILES string of the molecule is O=C(NC(CO)c1ccc(Cl)cc1)c1cc2ccccc2[nH]1. The van der Waals surface area contributed by atoms with Gasteiger partial charge >= 0.3 is 0 Å². The molecule has 1 atom stereocenters. The predicted octanol–water partition coefficient (Wildman–Crippen LogP) is 3.28. The highest BCUT2D eigenvalue weighted by molar-refractivity contribution is 6.30. The number of amides is 1. The third kappa shape index (κ3) is 2.98. The van der Waals surface area contributed by atoms with Gasteiger partial charge in [-0.05, 0) is 29.8 Å². The molecule has 0 fully saturated rings. The molecule has 0 spiro atoms. The van der Waals surface area contributed by atoms with Crippen LogP contribution in [0.5, 0.6) is 0 Å². The van der Waals surface area contributed by atoms with Crippen molar-refractivity contribution in [3.05, 3.63) is 70.9 Å². The lowest BCUT2D eigenvalue weighted by Crippen LogP contribution is -2.30. The Hall–Kier alpha value is -2.30. The number of rotatable bonds is 4. The minimum atomic E-state index is -0.476. The number of halogens is 1. The Kier molecular flexibility index (Phi) is 4.13. The number of H-pyrrole nitrogens is 1. The van der Waals surface area contributed by atoms with Crippen LogP contribution in [-0.4, -0.2) is 22.6 Å². The number of aliphatic hydroxyl groups excluding tert-OH is 1. The third-order valence-corrected chi connectivity index (χ3v) is 3.79. The number of aromatic nitrogens is 1. The van der Waals surface area contributed by atoms with E-state index in [0.717, 1.165) is 16.5 Å². The molecule has 2 aromatic carbocycles. The van der Waals surface area contributed by atoms with Gasteiger partial charge in [0.05, 0.1) is 12.6 Å². The number of nitrogens with one attached hydrogen (secondary N) is 2. The monoisotopic (exact) mass is 314 g/mol. The van der Waals surface area contributed by atoms with E-state index in [-0.39, 0.29) is 12.5 Å². The molecule has 0 aliphatic heterocycles. The molecule has 4 nitrogen and oxygen atoms in total. The molecule has 3 rings (SSSR count). The van der Waals surface area contributed by atoms with E-state index in [2.05, 4.69) is 10.3 Å². The van der Waals surface area contributed by atoms with Gasteiger partial charge in [0.25, 0.3) is 5.91 Å². The van der Waals surface area contributed by atoms with Crippen molar-refractivity contribution in [2.24, 2.45) is 0 Å². The van der Waals surface area contributed by atoms with Gasteiger partial charge in [-0.2, -0.15) is 0 Å². The van der Waals surface area contributed by atoms with Crippen molar-refractivity contribution in [2.75, 3.05) is 6.61 Å². The van der Waals surface area contributed by atoms with Crippen molar-refractivity contribution in [3.8, 4) is 0 Å². The highest BCUT2D eigenvalue weighted by Gasteiger charge is 2.16. The van der Waals surface area contributed by atoms with Crippen LogP contribution in [0.2, 0.25) is 5.02 Å². The van der Waals surface area contributed by atoms with E-state index in [1.807, 2.05) is 24.3 Å². The summed E-state index contributed by atoms with van der Waals surface area (Å²) in [5, 5.41) is 13.9. The Morgan fingerprint density at radius 1 is 1.18 bits per heavy atom. The van der Waals surface area contributed by atoms with E-state index in [1.165, 1.54) is 0 Å². The number of carbonyl (C=O) groups excluding carboxylic acids is 1. The van der Waals surface area contributed by atoms with E-state index < -0.39 is 6.04 Å². The Balaban J connectivity index is 1.80. The summed E-state index contributed by atoms with van der Waals surface area (Å²) >= 11 is 5.85. The molecule has 0 bridgehead atoms. The number of benzene rings is 2. The molecule has 112 valence electrons. The van der Waals surface area contributed by atoms with Gasteiger partial charge in [0.15, 0.2) is 0 Å². The van der Waals surface area contributed by atoms with E-state index >= 15 is 0 Å². The van der Waals surface area contributed by atoms with Crippen molar-refractivity contribution >= 4 is 28.4 Å². The molecule has 3 aromatic rings. The second-order valence-electron chi connectivity index (χ2n) is 5.03. The molecule has 1 heterocycles. The van der Waals surface area contributed by atoms with Crippen LogP contribution in [0.25, 0.3) is 10.9 Å². The van der Waals surface area contributed by atoms with Crippen LogP contribution in [0.1, 0.15) is 22.1 Å². The molecule has 0 aliphatic carbocycles. The number of hydrogen-bond acceptors (Lipinski definition) is 2. The lowest BCUT2D eigenvalue weighted by atomic mass is 10.1. The van der Waals surface area contributed by atoms with Gasteiger partial charge in [0.2, 0.25) is 0 Å². The first kappa shape index (κ1) is 14.6. The van der Waals surface area contributed by atoms with Crippen molar-refractivity contribution in [2.45, 2.75) is 6.04 Å². The average molecular weight is 315 g/mol. The van der Waals surface area contributed by atoms with Gasteiger partial charge < -0.3 is 15.4 Å². The first-order valence-corrected chi connectivity index (χ1v) is 7.30. The summed E-state index contributed by atoms with van der Waals surface area (Å²) in [6.45, 7) is -0.187. The number of carbonyl (C=O) groups is 1. The fraction of sp³-hybridized carbons (Fsp3) is 0.118. The van der Waals surface area contributed by atoms with E-state index in [1.54, 1.807) is 30.3 Å². The van der Waals surface area contributed by atoms with Gasteiger partial charge in [-0.1, -0.05) is 41.9 Å². The Morgan fingerprint density at radius 3 is 2.59 bits per heavy atom. The maximum absolute atomic E-state index is 12.3. The molecule has 22 heavy (non-hydrogen) atoms. The van der Waals surface area contributed by atoms with Gasteiger partial charge in [-0.25, -0.2) is 0 Å². The number of fused-ring (bicyclic) bond motifs is 1. The molecule has 3 N–H and O–H groups in total. The second-order valence-corrected chi connectivity index (χ2v) is 5.47. The number of aliphatic hydroxyl groups is 1. The number of para-hydroxylation sites is 1. The summed E-state index contributed by atoms with van der Waals surface area (Å²) < 4.78 is 0. The fourth-order valence-corrected chi connectivity index (χ4v) is 2.49. The molecule has 0 saturated carbocycles. The van der Waals surface area contributed by atoms with Gasteiger partial charge in [0, 0.05) is 15.9 Å². The first-order chi connectivity index (χ1) is 10.7. The summed E-state index contributed by atoms with van der Waals surface area (Å²) in [4.78, 5) is 15.4. The van der Waals surface area contributed by atoms with Crippen LogP contribution in [0.4, 0.5) is 0 Å². The zero-order chi connectivity index (χ0) is 15.5.